The van der Waals surface area contributed by atoms with Crippen LogP contribution in [0, 0.1) is 11.3 Å². The number of hydrogen-bond acceptors (Lipinski definition) is 4. The number of aromatic hydroxyl groups is 1. The lowest BCUT2D eigenvalue weighted by molar-refractivity contribution is -0.136. The van der Waals surface area contributed by atoms with Crippen molar-refractivity contribution in [3.63, 3.8) is 0 Å². The molecule has 0 spiro atoms. The monoisotopic (exact) mass is 284 g/mol. The van der Waals surface area contributed by atoms with E-state index in [9.17, 15) is 19.5 Å². The van der Waals surface area contributed by atoms with Crippen LogP contribution in [0.4, 0.5) is 0 Å². The summed E-state index contributed by atoms with van der Waals surface area (Å²) in [6.07, 6.45) is 3.17. The summed E-state index contributed by atoms with van der Waals surface area (Å²) in [6, 6.07) is 4.39. The minimum atomic E-state index is -0.945. The molecule has 0 aromatic heterocycles. The number of phenolic OH excluding ortho intramolecular Hbond substituents is 1. The summed E-state index contributed by atoms with van der Waals surface area (Å²) in [7, 11) is 0. The van der Waals surface area contributed by atoms with Crippen LogP contribution in [0.15, 0.2) is 30.4 Å². The zero-order chi connectivity index (χ0) is 15.6. The Balaban J connectivity index is 2.37. The average molecular weight is 284 g/mol. The maximum atomic E-state index is 12.6. The predicted octanol–water partition coefficient (Wildman–Crippen LogP) is 2.20. The molecule has 3 rings (SSSR count). The molecule has 21 heavy (non-hydrogen) atoms. The number of rotatable bonds is 0. The number of hydrogen-bond donors (Lipinski definition) is 1. The van der Waals surface area contributed by atoms with Gasteiger partial charge in [-0.1, -0.05) is 26.8 Å². The van der Waals surface area contributed by atoms with Gasteiger partial charge in [-0.15, -0.1) is 0 Å². The van der Waals surface area contributed by atoms with E-state index >= 15 is 0 Å². The molecule has 2 unspecified atom stereocenters. The van der Waals surface area contributed by atoms with Gasteiger partial charge in [-0.2, -0.15) is 0 Å². The SMILES string of the molecule is CC1(C)C(=O)C=CC2(C)c3cc(O)ccc3C(=O)C(=O)C12. The van der Waals surface area contributed by atoms with Crippen molar-refractivity contribution in [2.45, 2.75) is 26.2 Å². The van der Waals surface area contributed by atoms with Gasteiger partial charge in [-0.3, -0.25) is 14.4 Å². The normalized spacial score (nSPS) is 30.0. The minimum absolute atomic E-state index is 0.0407. The molecule has 0 radical (unpaired) electrons. The van der Waals surface area contributed by atoms with E-state index in [0.717, 1.165) is 0 Å². The second-order valence-corrected chi connectivity index (χ2v) is 6.56. The van der Waals surface area contributed by atoms with Crippen molar-refractivity contribution >= 4 is 17.3 Å². The number of benzene rings is 1. The summed E-state index contributed by atoms with van der Waals surface area (Å²) in [6.45, 7) is 5.23. The summed E-state index contributed by atoms with van der Waals surface area (Å²) < 4.78 is 0. The Kier molecular flexibility index (Phi) is 2.56. The Morgan fingerprint density at radius 2 is 1.76 bits per heavy atom. The Morgan fingerprint density at radius 1 is 1.10 bits per heavy atom. The van der Waals surface area contributed by atoms with Crippen LogP contribution in [-0.4, -0.2) is 22.5 Å². The number of Topliss-reactive ketones (excluding diaryl/α,β-unsaturated/α-hetero) is 2. The van der Waals surface area contributed by atoms with Gasteiger partial charge in [0.05, 0.1) is 5.92 Å². The molecular weight excluding hydrogens is 268 g/mol. The Bertz CT molecular complexity index is 726. The van der Waals surface area contributed by atoms with Crippen LogP contribution in [0.25, 0.3) is 0 Å². The first-order valence-electron chi connectivity index (χ1n) is 6.85. The van der Waals surface area contributed by atoms with Crippen LogP contribution >= 0.6 is 0 Å². The molecule has 4 nitrogen and oxygen atoms in total. The van der Waals surface area contributed by atoms with Crippen LogP contribution < -0.4 is 0 Å². The Labute approximate surface area is 122 Å². The van der Waals surface area contributed by atoms with Crippen LogP contribution in [0.2, 0.25) is 0 Å². The Hall–Kier alpha value is -2.23. The van der Waals surface area contributed by atoms with Crippen LogP contribution in [-0.2, 0) is 15.0 Å². The lowest BCUT2D eigenvalue weighted by Crippen LogP contribution is -2.55. The number of carbonyl (C=O) groups is 3. The molecule has 0 bridgehead atoms. The predicted molar refractivity (Wildman–Crippen MR) is 76.2 cm³/mol. The Morgan fingerprint density at radius 3 is 2.43 bits per heavy atom. The van der Waals surface area contributed by atoms with Gasteiger partial charge in [0, 0.05) is 16.4 Å². The molecule has 0 aliphatic heterocycles. The topological polar surface area (TPSA) is 71.4 Å². The second kappa shape index (κ2) is 3.91. The van der Waals surface area contributed by atoms with Crippen molar-refractivity contribution in [2.75, 3.05) is 0 Å². The fraction of sp³-hybridized carbons (Fsp3) is 0.353. The van der Waals surface area contributed by atoms with Gasteiger partial charge >= 0.3 is 0 Å². The van der Waals surface area contributed by atoms with Gasteiger partial charge in [-0.25, -0.2) is 0 Å². The van der Waals surface area contributed by atoms with Gasteiger partial charge in [-0.05, 0) is 29.8 Å². The van der Waals surface area contributed by atoms with Gasteiger partial charge in [0.2, 0.25) is 11.6 Å². The number of fused-ring (bicyclic) bond motifs is 3. The van der Waals surface area contributed by atoms with Crippen LogP contribution in [0.1, 0.15) is 36.7 Å². The first-order valence-corrected chi connectivity index (χ1v) is 6.85. The molecular formula is C17H16O4. The lowest BCUT2D eigenvalue weighted by Gasteiger charge is -2.48. The van der Waals surface area contributed by atoms with Crippen molar-refractivity contribution in [3.05, 3.63) is 41.5 Å². The van der Waals surface area contributed by atoms with Gasteiger partial charge in [0.25, 0.3) is 0 Å². The summed E-state index contributed by atoms with van der Waals surface area (Å²) in [5.74, 6) is -1.97. The number of allylic oxidation sites excluding steroid dienone is 2. The molecule has 2 atom stereocenters. The molecule has 1 aromatic carbocycles. The molecule has 0 fully saturated rings. The van der Waals surface area contributed by atoms with E-state index in [0.29, 0.717) is 11.1 Å². The number of carbonyl (C=O) groups excluding carboxylic acids is 3. The number of phenols is 1. The molecule has 1 aromatic rings. The zero-order valence-corrected chi connectivity index (χ0v) is 12.1. The summed E-state index contributed by atoms with van der Waals surface area (Å²) in [5.41, 5.74) is -0.796. The standard InChI is InChI=1S/C17H16O4/c1-16(2)12(19)6-7-17(3)11-8-9(18)4-5-10(11)13(20)14(21)15(16)17/h4-8,15,18H,1-3H3. The largest absolute Gasteiger partial charge is 0.508 e. The molecule has 0 heterocycles. The highest BCUT2D eigenvalue weighted by Gasteiger charge is 2.57. The third-order valence-corrected chi connectivity index (χ3v) is 4.85. The quantitative estimate of drug-likeness (QED) is 0.741. The van der Waals surface area contributed by atoms with Gasteiger partial charge in [0.15, 0.2) is 5.78 Å². The third kappa shape index (κ3) is 1.59. The summed E-state index contributed by atoms with van der Waals surface area (Å²) >= 11 is 0. The van der Waals surface area contributed by atoms with E-state index in [1.54, 1.807) is 19.9 Å². The first kappa shape index (κ1) is 13.7. The highest BCUT2D eigenvalue weighted by atomic mass is 16.3. The summed E-state index contributed by atoms with van der Waals surface area (Å²) in [4.78, 5) is 37.1. The fourth-order valence-corrected chi connectivity index (χ4v) is 3.74. The van der Waals surface area contributed by atoms with Gasteiger partial charge < -0.3 is 5.11 Å². The molecule has 0 saturated heterocycles. The van der Waals surface area contributed by atoms with E-state index in [2.05, 4.69) is 0 Å². The van der Waals surface area contributed by atoms with Crippen molar-refractivity contribution in [3.8, 4) is 5.75 Å². The number of ketones is 3. The molecule has 0 saturated carbocycles. The maximum absolute atomic E-state index is 12.6. The van der Waals surface area contributed by atoms with E-state index in [1.165, 1.54) is 24.3 Å². The van der Waals surface area contributed by atoms with E-state index in [1.807, 2.05) is 6.92 Å². The van der Waals surface area contributed by atoms with Crippen LogP contribution in [0.5, 0.6) is 5.75 Å². The van der Waals surface area contributed by atoms with Crippen molar-refractivity contribution in [1.82, 2.24) is 0 Å². The molecule has 2 aliphatic carbocycles. The zero-order valence-electron chi connectivity index (χ0n) is 12.1. The van der Waals surface area contributed by atoms with Crippen molar-refractivity contribution in [1.29, 1.82) is 0 Å². The van der Waals surface area contributed by atoms with Crippen LogP contribution in [0.3, 0.4) is 0 Å². The maximum Gasteiger partial charge on any atom is 0.229 e. The molecule has 1 N–H and O–H groups in total. The minimum Gasteiger partial charge on any atom is -0.508 e. The molecule has 2 aliphatic rings. The van der Waals surface area contributed by atoms with Crippen molar-refractivity contribution in [2.24, 2.45) is 11.3 Å². The van der Waals surface area contributed by atoms with Crippen molar-refractivity contribution < 1.29 is 19.5 Å². The lowest BCUT2D eigenvalue weighted by atomic mass is 9.52. The fourth-order valence-electron chi connectivity index (χ4n) is 3.74. The highest BCUT2D eigenvalue weighted by Crippen LogP contribution is 2.52. The molecule has 108 valence electrons. The first-order chi connectivity index (χ1) is 9.69. The smallest absolute Gasteiger partial charge is 0.229 e. The van der Waals surface area contributed by atoms with Gasteiger partial charge in [0.1, 0.15) is 5.75 Å². The van der Waals surface area contributed by atoms with E-state index in [4.69, 9.17) is 0 Å². The third-order valence-electron chi connectivity index (χ3n) is 4.85. The van der Waals surface area contributed by atoms with E-state index in [-0.39, 0.29) is 11.5 Å². The van der Waals surface area contributed by atoms with E-state index < -0.39 is 28.3 Å². The molecule has 4 heteroatoms. The highest BCUT2D eigenvalue weighted by molar-refractivity contribution is 6.46. The summed E-state index contributed by atoms with van der Waals surface area (Å²) in [5, 5.41) is 9.74. The molecule has 0 amide bonds. The second-order valence-electron chi connectivity index (χ2n) is 6.56. The average Bonchev–Trinajstić information content (AvgIpc) is 2.41.